The first kappa shape index (κ1) is 15.1. The Hall–Kier alpha value is 0.0900. The van der Waals surface area contributed by atoms with Crippen molar-refractivity contribution in [2.24, 2.45) is 0 Å². The molecule has 0 radical (unpaired) electrons. The van der Waals surface area contributed by atoms with Crippen molar-refractivity contribution in [2.45, 2.75) is 26.3 Å². The number of thiophene rings is 1. The third-order valence-electron chi connectivity index (χ3n) is 2.45. The highest BCUT2D eigenvalue weighted by atomic mass is 79.9. The lowest BCUT2D eigenvalue weighted by Gasteiger charge is -2.15. The summed E-state index contributed by atoms with van der Waals surface area (Å²) < 4.78 is 23.5. The van der Waals surface area contributed by atoms with Crippen molar-refractivity contribution in [1.82, 2.24) is 5.32 Å². The van der Waals surface area contributed by atoms with Gasteiger partial charge in [0.2, 0.25) is 0 Å². The molecule has 0 aliphatic carbocycles. The second-order valence-corrected chi connectivity index (χ2v) is 8.80. The molecule has 0 amide bonds. The summed E-state index contributed by atoms with van der Waals surface area (Å²) in [7, 11) is -2.90. The molecule has 98 valence electrons. The molecule has 0 saturated carbocycles. The highest BCUT2D eigenvalue weighted by Crippen LogP contribution is 2.32. The van der Waals surface area contributed by atoms with Crippen molar-refractivity contribution >= 4 is 37.1 Å². The number of hydrogen-bond donors (Lipinski definition) is 1. The molecule has 1 N–H and O–H groups in total. The summed E-state index contributed by atoms with van der Waals surface area (Å²) in [5.41, 5.74) is 1.20. The molecule has 0 aliphatic rings. The van der Waals surface area contributed by atoms with Gasteiger partial charge in [-0.25, -0.2) is 8.42 Å². The molecule has 1 atom stereocenters. The van der Waals surface area contributed by atoms with Gasteiger partial charge in [0.1, 0.15) is 9.84 Å². The zero-order chi connectivity index (χ0) is 13.1. The summed E-state index contributed by atoms with van der Waals surface area (Å²) >= 11 is 5.17. The van der Waals surface area contributed by atoms with Crippen molar-refractivity contribution in [2.75, 3.05) is 18.6 Å². The van der Waals surface area contributed by atoms with E-state index >= 15 is 0 Å². The van der Waals surface area contributed by atoms with Gasteiger partial charge in [-0.15, -0.1) is 11.3 Å². The van der Waals surface area contributed by atoms with E-state index in [1.165, 1.54) is 16.7 Å². The van der Waals surface area contributed by atoms with Gasteiger partial charge in [0, 0.05) is 17.2 Å². The molecule has 1 heterocycles. The van der Waals surface area contributed by atoms with Crippen LogP contribution in [0, 0.1) is 6.92 Å². The number of halogens is 1. The molecule has 1 aromatic heterocycles. The number of rotatable bonds is 6. The van der Waals surface area contributed by atoms with E-state index in [9.17, 15) is 8.42 Å². The average molecular weight is 340 g/mol. The minimum Gasteiger partial charge on any atom is -0.309 e. The van der Waals surface area contributed by atoms with Crippen molar-refractivity contribution < 1.29 is 8.42 Å². The summed E-state index contributed by atoms with van der Waals surface area (Å²) in [6, 6.07) is 2.24. The highest BCUT2D eigenvalue weighted by Gasteiger charge is 2.16. The van der Waals surface area contributed by atoms with Crippen LogP contribution in [0.4, 0.5) is 0 Å². The quantitative estimate of drug-likeness (QED) is 0.866. The van der Waals surface area contributed by atoms with E-state index in [4.69, 9.17) is 0 Å². The molecule has 0 saturated heterocycles. The Labute approximate surface area is 116 Å². The van der Waals surface area contributed by atoms with Gasteiger partial charge in [0.15, 0.2) is 0 Å². The third kappa shape index (κ3) is 5.07. The molecule has 6 heteroatoms. The molecule has 1 rings (SSSR count). The monoisotopic (exact) mass is 339 g/mol. The highest BCUT2D eigenvalue weighted by molar-refractivity contribution is 9.11. The normalized spacial score (nSPS) is 13.9. The van der Waals surface area contributed by atoms with Crippen molar-refractivity contribution in [3.8, 4) is 0 Å². The van der Waals surface area contributed by atoms with Crippen molar-refractivity contribution in [1.29, 1.82) is 0 Å². The molecule has 1 unspecified atom stereocenters. The zero-order valence-electron chi connectivity index (χ0n) is 10.3. The Kier molecular flexibility index (Phi) is 5.63. The molecular formula is C11H18BrNO2S2. The lowest BCUT2D eigenvalue weighted by atomic mass is 10.1. The maximum Gasteiger partial charge on any atom is 0.147 e. The van der Waals surface area contributed by atoms with Crippen LogP contribution < -0.4 is 5.32 Å². The Balaban J connectivity index is 2.78. The van der Waals surface area contributed by atoms with E-state index in [2.05, 4.69) is 27.3 Å². The number of nitrogens with one attached hydrogen (secondary N) is 1. The Morgan fingerprint density at radius 2 is 2.18 bits per heavy atom. The number of hydrogen-bond acceptors (Lipinski definition) is 4. The molecule has 0 aliphatic heterocycles. The molecule has 0 bridgehead atoms. The molecule has 3 nitrogen and oxygen atoms in total. The van der Waals surface area contributed by atoms with Crippen LogP contribution in [0.2, 0.25) is 0 Å². The maximum atomic E-state index is 11.2. The predicted octanol–water partition coefficient (Wildman–Crippen LogP) is 2.90. The first-order chi connectivity index (χ1) is 7.83. The van der Waals surface area contributed by atoms with Crippen LogP contribution in [0.1, 0.15) is 29.8 Å². The smallest absolute Gasteiger partial charge is 0.147 e. The lowest BCUT2D eigenvalue weighted by Crippen LogP contribution is -2.22. The number of aryl methyl sites for hydroxylation is 1. The summed E-state index contributed by atoms with van der Waals surface area (Å²) in [4.78, 5) is 1.19. The lowest BCUT2D eigenvalue weighted by molar-refractivity contribution is 0.536. The first-order valence-corrected chi connectivity index (χ1v) is 9.17. The summed E-state index contributed by atoms with van der Waals surface area (Å²) in [5, 5.41) is 3.34. The SMILES string of the molecule is CCNC(CCS(C)(=O)=O)c1cc(C)c(Br)s1. The van der Waals surface area contributed by atoms with Gasteiger partial charge in [-0.1, -0.05) is 6.92 Å². The fourth-order valence-corrected chi connectivity index (χ4v) is 3.92. The van der Waals surface area contributed by atoms with Crippen LogP contribution in [-0.2, 0) is 9.84 Å². The minimum absolute atomic E-state index is 0.129. The maximum absolute atomic E-state index is 11.2. The number of sulfone groups is 1. The van der Waals surface area contributed by atoms with Gasteiger partial charge in [0.05, 0.1) is 9.54 Å². The van der Waals surface area contributed by atoms with Crippen LogP contribution >= 0.6 is 27.3 Å². The van der Waals surface area contributed by atoms with Gasteiger partial charge in [-0.2, -0.15) is 0 Å². The van der Waals surface area contributed by atoms with Crippen LogP contribution in [0.15, 0.2) is 9.85 Å². The van der Waals surface area contributed by atoms with Crippen LogP contribution in [0.25, 0.3) is 0 Å². The Morgan fingerprint density at radius 1 is 1.53 bits per heavy atom. The summed E-state index contributed by atoms with van der Waals surface area (Å²) in [6.45, 7) is 4.91. The average Bonchev–Trinajstić information content (AvgIpc) is 2.52. The van der Waals surface area contributed by atoms with E-state index in [0.29, 0.717) is 6.42 Å². The topological polar surface area (TPSA) is 46.2 Å². The van der Waals surface area contributed by atoms with Crippen molar-refractivity contribution in [3.05, 3.63) is 20.3 Å². The molecule has 0 spiro atoms. The molecule has 1 aromatic rings. The van der Waals surface area contributed by atoms with Gasteiger partial charge in [-0.05, 0) is 47.4 Å². The molecule has 17 heavy (non-hydrogen) atoms. The molecular weight excluding hydrogens is 322 g/mol. The Morgan fingerprint density at radius 3 is 2.59 bits per heavy atom. The second kappa shape index (κ2) is 6.31. The van der Waals surface area contributed by atoms with Crippen LogP contribution in [-0.4, -0.2) is 27.0 Å². The molecule has 0 fully saturated rings. The van der Waals surface area contributed by atoms with Gasteiger partial charge < -0.3 is 5.32 Å². The summed E-state index contributed by atoms with van der Waals surface area (Å²) in [5.74, 6) is 0.221. The third-order valence-corrected chi connectivity index (χ3v) is 5.68. The fraction of sp³-hybridized carbons (Fsp3) is 0.636. The zero-order valence-corrected chi connectivity index (χ0v) is 13.5. The second-order valence-electron chi connectivity index (χ2n) is 4.13. The van der Waals surface area contributed by atoms with Crippen molar-refractivity contribution in [3.63, 3.8) is 0 Å². The fourth-order valence-electron chi connectivity index (χ4n) is 1.58. The van der Waals surface area contributed by atoms with Crippen LogP contribution in [0.3, 0.4) is 0 Å². The van der Waals surface area contributed by atoms with E-state index < -0.39 is 9.84 Å². The van der Waals surface area contributed by atoms with Gasteiger partial charge >= 0.3 is 0 Å². The van der Waals surface area contributed by atoms with E-state index in [1.54, 1.807) is 11.3 Å². The first-order valence-electron chi connectivity index (χ1n) is 5.50. The molecule has 0 aromatic carbocycles. The largest absolute Gasteiger partial charge is 0.309 e. The van der Waals surface area contributed by atoms with Gasteiger partial charge in [0.25, 0.3) is 0 Å². The van der Waals surface area contributed by atoms with E-state index in [0.717, 1.165) is 10.3 Å². The predicted molar refractivity (Wildman–Crippen MR) is 77.5 cm³/mol. The minimum atomic E-state index is -2.90. The Bertz CT molecular complexity index is 448. The van der Waals surface area contributed by atoms with E-state index in [-0.39, 0.29) is 11.8 Å². The summed E-state index contributed by atoms with van der Waals surface area (Å²) in [6.07, 6.45) is 1.91. The van der Waals surface area contributed by atoms with E-state index in [1.807, 2.05) is 13.8 Å². The standard InChI is InChI=1S/C11H18BrNO2S2/c1-4-13-9(5-6-17(3,14)15)10-7-8(2)11(12)16-10/h7,9,13H,4-6H2,1-3H3. The van der Waals surface area contributed by atoms with Gasteiger partial charge in [-0.3, -0.25) is 0 Å². The van der Waals surface area contributed by atoms with Crippen LogP contribution in [0.5, 0.6) is 0 Å².